The van der Waals surface area contributed by atoms with Gasteiger partial charge in [0.1, 0.15) is 18.2 Å². The number of hydrogen-bond donors (Lipinski definition) is 0. The smallest absolute Gasteiger partial charge is 0.274 e. The number of ether oxygens (including phenoxy) is 1. The fourth-order valence-corrected chi connectivity index (χ4v) is 4.22. The van der Waals surface area contributed by atoms with Crippen LogP contribution >= 0.6 is 11.3 Å². The maximum absolute atomic E-state index is 13.8. The molecule has 4 nitrogen and oxygen atoms in total. The van der Waals surface area contributed by atoms with Crippen LogP contribution in [0, 0.1) is 5.82 Å². The summed E-state index contributed by atoms with van der Waals surface area (Å²) < 4.78 is 21.7. The van der Waals surface area contributed by atoms with Crippen molar-refractivity contribution in [1.82, 2.24) is 9.38 Å². The molecular weight excluding hydrogens is 387 g/mol. The topological polar surface area (TPSA) is 43.6 Å². The van der Waals surface area contributed by atoms with Crippen molar-refractivity contribution in [3.8, 4) is 5.75 Å². The van der Waals surface area contributed by atoms with E-state index in [0.717, 1.165) is 16.6 Å². The van der Waals surface area contributed by atoms with Crippen LogP contribution in [-0.4, -0.2) is 9.38 Å². The molecule has 0 unspecified atom stereocenters. The molecule has 0 saturated carbocycles. The first-order valence-electron chi connectivity index (χ1n) is 9.07. The van der Waals surface area contributed by atoms with Crippen LogP contribution in [0.2, 0.25) is 0 Å². The summed E-state index contributed by atoms with van der Waals surface area (Å²) in [4.78, 5) is 18.1. The Morgan fingerprint density at radius 3 is 2.76 bits per heavy atom. The first kappa shape index (κ1) is 17.6. The third-order valence-corrected chi connectivity index (χ3v) is 5.62. The van der Waals surface area contributed by atoms with Gasteiger partial charge in [-0.3, -0.25) is 4.79 Å². The Hall–Kier alpha value is -3.51. The summed E-state index contributed by atoms with van der Waals surface area (Å²) in [6.07, 6.45) is 1.83. The van der Waals surface area contributed by atoms with Crippen molar-refractivity contribution in [3.05, 3.63) is 105 Å². The minimum atomic E-state index is -0.291. The van der Waals surface area contributed by atoms with Gasteiger partial charge in [0, 0.05) is 5.56 Å². The summed E-state index contributed by atoms with van der Waals surface area (Å²) in [7, 11) is 0. The maximum Gasteiger partial charge on any atom is 0.274 e. The summed E-state index contributed by atoms with van der Waals surface area (Å²) in [5.74, 6) is 0.321. The normalized spacial score (nSPS) is 12.1. The molecule has 2 aromatic heterocycles. The van der Waals surface area contributed by atoms with Crippen LogP contribution in [0.1, 0.15) is 11.1 Å². The van der Waals surface area contributed by atoms with Crippen LogP contribution in [-0.2, 0) is 6.61 Å². The third kappa shape index (κ3) is 3.28. The summed E-state index contributed by atoms with van der Waals surface area (Å²) >= 11 is 1.36. The van der Waals surface area contributed by atoms with Crippen LogP contribution in [0.25, 0.3) is 22.1 Å². The van der Waals surface area contributed by atoms with Gasteiger partial charge < -0.3 is 4.74 Å². The monoisotopic (exact) mass is 402 g/mol. The third-order valence-electron chi connectivity index (χ3n) is 4.65. The van der Waals surface area contributed by atoms with Crippen molar-refractivity contribution in [1.29, 1.82) is 0 Å². The molecule has 0 saturated heterocycles. The van der Waals surface area contributed by atoms with Gasteiger partial charge in [-0.05, 0) is 42.0 Å². The Labute approximate surface area is 169 Å². The highest BCUT2D eigenvalue weighted by Gasteiger charge is 2.10. The van der Waals surface area contributed by atoms with Gasteiger partial charge in [-0.1, -0.05) is 53.8 Å². The number of halogens is 1. The van der Waals surface area contributed by atoms with Gasteiger partial charge in [0.25, 0.3) is 5.56 Å². The fourth-order valence-electron chi connectivity index (χ4n) is 3.23. The van der Waals surface area contributed by atoms with Crippen molar-refractivity contribution in [2.75, 3.05) is 0 Å². The van der Waals surface area contributed by atoms with Gasteiger partial charge in [0.15, 0.2) is 4.96 Å². The Morgan fingerprint density at radius 2 is 1.86 bits per heavy atom. The molecule has 0 aliphatic rings. The second-order valence-electron chi connectivity index (χ2n) is 6.59. The molecule has 0 spiro atoms. The molecule has 142 valence electrons. The van der Waals surface area contributed by atoms with Crippen molar-refractivity contribution in [2.45, 2.75) is 6.61 Å². The Morgan fingerprint density at radius 1 is 1.03 bits per heavy atom. The highest BCUT2D eigenvalue weighted by molar-refractivity contribution is 7.15. The number of nitrogens with zero attached hydrogens (tertiary/aromatic N) is 2. The molecular formula is C23H15FN2O2S. The second-order valence-corrected chi connectivity index (χ2v) is 7.60. The summed E-state index contributed by atoms with van der Waals surface area (Å²) in [5.41, 5.74) is 2.87. The number of rotatable bonds is 4. The van der Waals surface area contributed by atoms with Crippen LogP contribution in [0.3, 0.4) is 0 Å². The predicted octanol–water partition coefficient (Wildman–Crippen LogP) is 4.18. The summed E-state index contributed by atoms with van der Waals surface area (Å²) in [6, 6.07) is 21.5. The SMILES string of the molecule is O=c1/c(=C\c2cccc(OCc3ccccc3F)c2)sc2nc3ccccc3n12. The van der Waals surface area contributed by atoms with E-state index in [0.29, 0.717) is 20.8 Å². The van der Waals surface area contributed by atoms with E-state index in [2.05, 4.69) is 4.98 Å². The highest BCUT2D eigenvalue weighted by atomic mass is 32.1. The van der Waals surface area contributed by atoms with E-state index in [1.165, 1.54) is 17.4 Å². The zero-order valence-corrected chi connectivity index (χ0v) is 16.0. The van der Waals surface area contributed by atoms with Gasteiger partial charge in [-0.15, -0.1) is 0 Å². The number of aromatic nitrogens is 2. The molecule has 0 atom stereocenters. The van der Waals surface area contributed by atoms with Gasteiger partial charge in [0.05, 0.1) is 15.6 Å². The molecule has 3 aromatic carbocycles. The van der Waals surface area contributed by atoms with E-state index < -0.39 is 0 Å². The lowest BCUT2D eigenvalue weighted by Crippen LogP contribution is -2.22. The summed E-state index contributed by atoms with van der Waals surface area (Å²) in [6.45, 7) is 0.141. The molecule has 5 rings (SSSR count). The number of fused-ring (bicyclic) bond motifs is 3. The largest absolute Gasteiger partial charge is 0.489 e. The zero-order chi connectivity index (χ0) is 19.8. The minimum Gasteiger partial charge on any atom is -0.489 e. The predicted molar refractivity (Wildman–Crippen MR) is 113 cm³/mol. The standard InChI is InChI=1S/C23H15FN2O2S/c24-18-9-2-1-7-16(18)14-28-17-8-5-6-15(12-17)13-21-22(27)26-20-11-4-3-10-19(20)25-23(26)29-21/h1-13H,14H2/b21-13+. The van der Waals surface area contributed by atoms with E-state index in [1.807, 2.05) is 54.6 Å². The van der Waals surface area contributed by atoms with E-state index >= 15 is 0 Å². The molecule has 2 heterocycles. The second kappa shape index (κ2) is 7.14. The quantitative estimate of drug-likeness (QED) is 0.453. The van der Waals surface area contributed by atoms with Crippen molar-refractivity contribution in [2.24, 2.45) is 0 Å². The fraction of sp³-hybridized carbons (Fsp3) is 0.0435. The molecule has 0 aliphatic carbocycles. The molecule has 0 fully saturated rings. The number of thiazole rings is 1. The summed E-state index contributed by atoms with van der Waals surface area (Å²) in [5, 5.41) is 0. The first-order valence-corrected chi connectivity index (χ1v) is 9.89. The molecule has 0 N–H and O–H groups in total. The molecule has 6 heteroatoms. The first-order chi connectivity index (χ1) is 14.2. The maximum atomic E-state index is 13.8. The number of benzene rings is 3. The van der Waals surface area contributed by atoms with Crippen molar-refractivity contribution >= 4 is 33.4 Å². The number of para-hydroxylation sites is 2. The number of hydrogen-bond acceptors (Lipinski definition) is 4. The van der Waals surface area contributed by atoms with E-state index in [1.54, 1.807) is 22.6 Å². The average Bonchev–Trinajstić information content (AvgIpc) is 3.24. The number of imidazole rings is 1. The molecule has 5 aromatic rings. The van der Waals surface area contributed by atoms with Crippen LogP contribution < -0.4 is 14.8 Å². The lowest BCUT2D eigenvalue weighted by molar-refractivity contribution is 0.300. The lowest BCUT2D eigenvalue weighted by Gasteiger charge is -2.07. The Balaban J connectivity index is 1.48. The van der Waals surface area contributed by atoms with Gasteiger partial charge in [0.2, 0.25) is 0 Å². The highest BCUT2D eigenvalue weighted by Crippen LogP contribution is 2.18. The van der Waals surface area contributed by atoms with Crippen LogP contribution in [0.4, 0.5) is 4.39 Å². The molecule has 0 aliphatic heterocycles. The van der Waals surface area contributed by atoms with Gasteiger partial charge in [-0.2, -0.15) is 0 Å². The van der Waals surface area contributed by atoms with E-state index in [9.17, 15) is 9.18 Å². The van der Waals surface area contributed by atoms with Gasteiger partial charge in [-0.25, -0.2) is 13.8 Å². The van der Waals surface area contributed by atoms with Crippen molar-refractivity contribution in [3.63, 3.8) is 0 Å². The zero-order valence-electron chi connectivity index (χ0n) is 15.2. The average molecular weight is 402 g/mol. The van der Waals surface area contributed by atoms with E-state index in [4.69, 9.17) is 4.74 Å². The van der Waals surface area contributed by atoms with Gasteiger partial charge >= 0.3 is 0 Å². The van der Waals surface area contributed by atoms with E-state index in [-0.39, 0.29) is 18.0 Å². The molecule has 0 bridgehead atoms. The minimum absolute atomic E-state index is 0.0867. The molecule has 0 amide bonds. The Kier molecular flexibility index (Phi) is 4.33. The Bertz CT molecular complexity index is 1460. The lowest BCUT2D eigenvalue weighted by atomic mass is 10.2. The van der Waals surface area contributed by atoms with Crippen LogP contribution in [0.15, 0.2) is 77.6 Å². The molecule has 0 radical (unpaired) electrons. The van der Waals surface area contributed by atoms with Crippen LogP contribution in [0.5, 0.6) is 5.75 Å². The molecule has 29 heavy (non-hydrogen) atoms. The van der Waals surface area contributed by atoms with Crippen molar-refractivity contribution < 1.29 is 9.13 Å².